The van der Waals surface area contributed by atoms with E-state index in [4.69, 9.17) is 0 Å². The summed E-state index contributed by atoms with van der Waals surface area (Å²) in [5, 5.41) is 0. The van der Waals surface area contributed by atoms with Gasteiger partial charge >= 0.3 is 0 Å². The zero-order valence-corrected chi connectivity index (χ0v) is 10.1. The minimum atomic E-state index is 0.0624. The zero-order chi connectivity index (χ0) is 12.3. The fourth-order valence-electron chi connectivity index (χ4n) is 2.21. The smallest absolute Gasteiger partial charge is 0.227 e. The molecule has 1 aliphatic rings. The molecule has 90 valence electrons. The van der Waals surface area contributed by atoms with E-state index >= 15 is 0 Å². The fraction of sp³-hybridized carbons (Fsp3) is 0.429. The number of benzene rings is 1. The summed E-state index contributed by atoms with van der Waals surface area (Å²) < 4.78 is 0. The van der Waals surface area contributed by atoms with Gasteiger partial charge in [0.1, 0.15) is 5.78 Å². The van der Waals surface area contributed by atoms with Crippen LogP contribution in [-0.2, 0) is 16.0 Å². The summed E-state index contributed by atoms with van der Waals surface area (Å²) in [5.41, 5.74) is 2.25. The maximum absolute atomic E-state index is 12.0. The molecule has 0 aromatic heterocycles. The molecule has 1 amide bonds. The maximum Gasteiger partial charge on any atom is 0.227 e. The standard InChI is InChI=1S/C14H17NO2/c1-11(16)8-9-14(17)15-10-4-6-12-5-2-3-7-13(12)15/h2-3,5,7H,4,6,8-10H2,1H3. The number of fused-ring (bicyclic) bond motifs is 1. The molecule has 0 unspecified atom stereocenters. The van der Waals surface area contributed by atoms with E-state index in [1.165, 1.54) is 12.5 Å². The molecule has 17 heavy (non-hydrogen) atoms. The number of carbonyl (C=O) groups is 2. The third-order valence-electron chi connectivity index (χ3n) is 3.10. The van der Waals surface area contributed by atoms with Gasteiger partial charge in [-0.2, -0.15) is 0 Å². The van der Waals surface area contributed by atoms with E-state index in [1.807, 2.05) is 23.1 Å². The summed E-state index contributed by atoms with van der Waals surface area (Å²) in [6.07, 6.45) is 2.71. The Labute approximate surface area is 101 Å². The molecule has 1 aliphatic heterocycles. The van der Waals surface area contributed by atoms with Crippen LogP contribution >= 0.6 is 0 Å². The van der Waals surface area contributed by atoms with Gasteiger partial charge in [0.05, 0.1) is 0 Å². The average Bonchev–Trinajstić information content (AvgIpc) is 2.35. The summed E-state index contributed by atoms with van der Waals surface area (Å²) in [5.74, 6) is 0.135. The molecule has 0 bridgehead atoms. The van der Waals surface area contributed by atoms with Crippen molar-refractivity contribution in [3.8, 4) is 0 Å². The number of carbonyl (C=O) groups excluding carboxylic acids is 2. The van der Waals surface area contributed by atoms with Crippen LogP contribution in [0.3, 0.4) is 0 Å². The second-order valence-electron chi connectivity index (χ2n) is 4.48. The molecule has 3 heteroatoms. The second kappa shape index (κ2) is 5.13. The molecule has 1 heterocycles. The van der Waals surface area contributed by atoms with E-state index in [-0.39, 0.29) is 11.7 Å². The number of hydrogen-bond acceptors (Lipinski definition) is 2. The Hall–Kier alpha value is -1.64. The predicted octanol–water partition coefficient (Wildman–Crippen LogP) is 2.33. The highest BCUT2D eigenvalue weighted by atomic mass is 16.2. The number of aryl methyl sites for hydroxylation is 1. The Bertz CT molecular complexity index is 440. The number of para-hydroxylation sites is 1. The molecule has 0 fully saturated rings. The van der Waals surface area contributed by atoms with Gasteiger partial charge in [0.15, 0.2) is 0 Å². The third-order valence-corrected chi connectivity index (χ3v) is 3.10. The molecule has 3 nitrogen and oxygen atoms in total. The maximum atomic E-state index is 12.0. The van der Waals surface area contributed by atoms with Crippen LogP contribution in [-0.4, -0.2) is 18.2 Å². The minimum absolute atomic E-state index is 0.0624. The van der Waals surface area contributed by atoms with Crippen molar-refractivity contribution in [1.29, 1.82) is 0 Å². The van der Waals surface area contributed by atoms with Crippen molar-refractivity contribution in [2.45, 2.75) is 32.6 Å². The first-order valence-electron chi connectivity index (χ1n) is 6.06. The molecule has 1 aromatic carbocycles. The van der Waals surface area contributed by atoms with Crippen LogP contribution < -0.4 is 4.90 Å². The van der Waals surface area contributed by atoms with Crippen molar-refractivity contribution in [2.75, 3.05) is 11.4 Å². The summed E-state index contributed by atoms with van der Waals surface area (Å²) in [4.78, 5) is 24.8. The number of nitrogens with zero attached hydrogens (tertiary/aromatic N) is 1. The van der Waals surface area contributed by atoms with E-state index in [0.717, 1.165) is 25.1 Å². The molecule has 0 saturated carbocycles. The lowest BCUT2D eigenvalue weighted by molar-refractivity contribution is -0.123. The highest BCUT2D eigenvalue weighted by Crippen LogP contribution is 2.27. The molecule has 2 rings (SSSR count). The molecule has 1 aromatic rings. The lowest BCUT2D eigenvalue weighted by Crippen LogP contribution is -2.35. The number of Topliss-reactive ketones (excluding diaryl/α,β-unsaturated/α-hetero) is 1. The van der Waals surface area contributed by atoms with Crippen LogP contribution in [0.25, 0.3) is 0 Å². The molecule has 0 N–H and O–H groups in total. The van der Waals surface area contributed by atoms with Gasteiger partial charge in [-0.25, -0.2) is 0 Å². The van der Waals surface area contributed by atoms with Gasteiger partial charge in [-0.05, 0) is 31.4 Å². The molecule has 0 aliphatic carbocycles. The van der Waals surface area contributed by atoms with Crippen molar-refractivity contribution < 1.29 is 9.59 Å². The summed E-state index contributed by atoms with van der Waals surface area (Å²) >= 11 is 0. The Morgan fingerprint density at radius 3 is 2.76 bits per heavy atom. The first-order chi connectivity index (χ1) is 8.18. The zero-order valence-electron chi connectivity index (χ0n) is 10.1. The van der Waals surface area contributed by atoms with Crippen LogP contribution in [0, 0.1) is 0 Å². The van der Waals surface area contributed by atoms with Crippen LogP contribution in [0.1, 0.15) is 31.7 Å². The number of ketones is 1. The van der Waals surface area contributed by atoms with E-state index in [1.54, 1.807) is 0 Å². The topological polar surface area (TPSA) is 37.4 Å². The Morgan fingerprint density at radius 1 is 1.24 bits per heavy atom. The molecular formula is C14H17NO2. The van der Waals surface area contributed by atoms with Crippen molar-refractivity contribution in [3.63, 3.8) is 0 Å². The molecule has 0 spiro atoms. The highest BCUT2D eigenvalue weighted by molar-refractivity contribution is 5.96. The van der Waals surface area contributed by atoms with Crippen molar-refractivity contribution in [3.05, 3.63) is 29.8 Å². The highest BCUT2D eigenvalue weighted by Gasteiger charge is 2.21. The molecule has 0 radical (unpaired) electrons. The van der Waals surface area contributed by atoms with Crippen molar-refractivity contribution >= 4 is 17.4 Å². The van der Waals surface area contributed by atoms with E-state index in [0.29, 0.717) is 12.8 Å². The van der Waals surface area contributed by atoms with Crippen LogP contribution in [0.4, 0.5) is 5.69 Å². The van der Waals surface area contributed by atoms with E-state index in [2.05, 4.69) is 6.07 Å². The van der Waals surface area contributed by atoms with Gasteiger partial charge in [-0.1, -0.05) is 18.2 Å². The van der Waals surface area contributed by atoms with Crippen LogP contribution in [0.2, 0.25) is 0 Å². The van der Waals surface area contributed by atoms with Gasteiger partial charge in [0.25, 0.3) is 0 Å². The van der Waals surface area contributed by atoms with E-state index < -0.39 is 0 Å². The lowest BCUT2D eigenvalue weighted by atomic mass is 10.0. The molecular weight excluding hydrogens is 214 g/mol. The monoisotopic (exact) mass is 231 g/mol. The first kappa shape index (κ1) is 11.8. The van der Waals surface area contributed by atoms with Gasteiger partial charge < -0.3 is 9.69 Å². The number of rotatable bonds is 3. The minimum Gasteiger partial charge on any atom is -0.312 e. The number of anilines is 1. The average molecular weight is 231 g/mol. The van der Waals surface area contributed by atoms with Crippen LogP contribution in [0.15, 0.2) is 24.3 Å². The largest absolute Gasteiger partial charge is 0.312 e. The summed E-state index contributed by atoms with van der Waals surface area (Å²) in [6.45, 7) is 2.30. The quantitative estimate of drug-likeness (QED) is 0.800. The summed E-state index contributed by atoms with van der Waals surface area (Å²) in [6, 6.07) is 8.01. The van der Waals surface area contributed by atoms with Crippen molar-refractivity contribution in [1.82, 2.24) is 0 Å². The third kappa shape index (κ3) is 2.73. The predicted molar refractivity (Wildman–Crippen MR) is 67.0 cm³/mol. The number of hydrogen-bond donors (Lipinski definition) is 0. The Morgan fingerprint density at radius 2 is 2.00 bits per heavy atom. The number of amides is 1. The summed E-state index contributed by atoms with van der Waals surface area (Å²) in [7, 11) is 0. The lowest BCUT2D eigenvalue weighted by Gasteiger charge is -2.29. The molecule has 0 atom stereocenters. The van der Waals surface area contributed by atoms with Gasteiger partial charge in [0, 0.05) is 25.1 Å². The fourth-order valence-corrected chi connectivity index (χ4v) is 2.21. The Kier molecular flexibility index (Phi) is 3.57. The van der Waals surface area contributed by atoms with Gasteiger partial charge in [-0.15, -0.1) is 0 Å². The van der Waals surface area contributed by atoms with Crippen molar-refractivity contribution in [2.24, 2.45) is 0 Å². The SMILES string of the molecule is CC(=O)CCC(=O)N1CCCc2ccccc21. The second-order valence-corrected chi connectivity index (χ2v) is 4.48. The van der Waals surface area contributed by atoms with Gasteiger partial charge in [-0.3, -0.25) is 4.79 Å². The van der Waals surface area contributed by atoms with E-state index in [9.17, 15) is 9.59 Å². The van der Waals surface area contributed by atoms with Crippen LogP contribution in [0.5, 0.6) is 0 Å². The first-order valence-corrected chi connectivity index (χ1v) is 6.06. The normalized spacial score (nSPS) is 14.3. The van der Waals surface area contributed by atoms with Gasteiger partial charge in [0.2, 0.25) is 5.91 Å². The Balaban J connectivity index is 2.12. The molecule has 0 saturated heterocycles.